The number of fused-ring (bicyclic) bond motifs is 1. The average Bonchev–Trinajstić information content (AvgIpc) is 2.88. The summed E-state index contributed by atoms with van der Waals surface area (Å²) in [6.07, 6.45) is 0.975. The highest BCUT2D eigenvalue weighted by Crippen LogP contribution is 2.41. The molecule has 0 aromatic heterocycles. The number of likely N-dealkylation sites (tertiary alicyclic amines) is 1. The summed E-state index contributed by atoms with van der Waals surface area (Å²) in [5.41, 5.74) is 2.51. The van der Waals surface area contributed by atoms with Crippen LogP contribution in [0.25, 0.3) is 0 Å². The van der Waals surface area contributed by atoms with Crippen molar-refractivity contribution in [3.8, 4) is 5.75 Å². The molecule has 0 saturated carbocycles. The van der Waals surface area contributed by atoms with Gasteiger partial charge in [-0.3, -0.25) is 4.90 Å². The number of aliphatic hydroxyl groups excluding tert-OH is 1. The summed E-state index contributed by atoms with van der Waals surface area (Å²) in [6.45, 7) is 9.60. The zero-order valence-corrected chi connectivity index (χ0v) is 13.7. The van der Waals surface area contributed by atoms with Crippen LogP contribution < -0.4 is 4.74 Å². The molecule has 2 atom stereocenters. The van der Waals surface area contributed by atoms with E-state index in [1.807, 2.05) is 0 Å². The number of aryl methyl sites for hydroxylation is 2. The lowest BCUT2D eigenvalue weighted by Crippen LogP contribution is -2.41. The summed E-state index contributed by atoms with van der Waals surface area (Å²) in [7, 11) is 0. The lowest BCUT2D eigenvalue weighted by molar-refractivity contribution is -0.0417. The summed E-state index contributed by atoms with van der Waals surface area (Å²) in [4.78, 5) is 2.42. The van der Waals surface area contributed by atoms with Gasteiger partial charge in [0.15, 0.2) is 0 Å². The molecule has 122 valence electrons. The first-order valence-corrected chi connectivity index (χ1v) is 8.24. The number of benzene rings is 1. The molecule has 4 heteroatoms. The third-order valence-corrected chi connectivity index (χ3v) is 5.26. The third-order valence-electron chi connectivity index (χ3n) is 5.26. The fourth-order valence-corrected chi connectivity index (χ4v) is 3.83. The molecular weight excluding hydrogens is 278 g/mol. The topological polar surface area (TPSA) is 41.9 Å². The lowest BCUT2D eigenvalue weighted by Gasteiger charge is -2.36. The zero-order chi connectivity index (χ0) is 15.6. The van der Waals surface area contributed by atoms with E-state index in [0.29, 0.717) is 12.5 Å². The smallest absolute Gasteiger partial charge is 0.122 e. The molecule has 4 nitrogen and oxygen atoms in total. The Balaban J connectivity index is 1.52. The van der Waals surface area contributed by atoms with Gasteiger partial charge >= 0.3 is 0 Å². The van der Waals surface area contributed by atoms with E-state index in [0.717, 1.165) is 45.0 Å². The van der Waals surface area contributed by atoms with Gasteiger partial charge in [-0.1, -0.05) is 17.7 Å². The largest absolute Gasteiger partial charge is 0.492 e. The Labute approximate surface area is 133 Å². The lowest BCUT2D eigenvalue weighted by atomic mass is 9.75. The van der Waals surface area contributed by atoms with Gasteiger partial charge < -0.3 is 14.6 Å². The standard InChI is InChI=1S/C18H27NO3/c1-14-3-4-17(15(2)9-14)22-8-6-19-10-16-11-21-7-5-18(16,12-19)13-20/h3-4,9,16,20H,5-8,10-13H2,1-2H3/t16-,18-/m1/s1. The predicted octanol–water partition coefficient (Wildman–Crippen LogP) is 2.01. The molecule has 2 heterocycles. The summed E-state index contributed by atoms with van der Waals surface area (Å²) in [5, 5.41) is 9.82. The van der Waals surface area contributed by atoms with Crippen molar-refractivity contribution in [3.05, 3.63) is 29.3 Å². The van der Waals surface area contributed by atoms with Crippen molar-refractivity contribution in [2.75, 3.05) is 46.1 Å². The van der Waals surface area contributed by atoms with E-state index in [1.54, 1.807) is 0 Å². The van der Waals surface area contributed by atoms with Gasteiger partial charge in [0.2, 0.25) is 0 Å². The molecule has 2 fully saturated rings. The number of aliphatic hydroxyl groups is 1. The molecule has 2 saturated heterocycles. The van der Waals surface area contributed by atoms with Crippen molar-refractivity contribution >= 4 is 0 Å². The first-order valence-electron chi connectivity index (χ1n) is 8.24. The molecule has 1 aromatic rings. The van der Waals surface area contributed by atoms with Gasteiger partial charge in [-0.2, -0.15) is 0 Å². The molecule has 1 aromatic carbocycles. The van der Waals surface area contributed by atoms with Crippen LogP contribution in [-0.4, -0.2) is 56.1 Å². The van der Waals surface area contributed by atoms with Crippen LogP contribution >= 0.6 is 0 Å². The third kappa shape index (κ3) is 3.14. The minimum absolute atomic E-state index is 0.0536. The Morgan fingerprint density at radius 2 is 2.27 bits per heavy atom. The molecule has 0 amide bonds. The number of ether oxygens (including phenoxy) is 2. The molecule has 3 rings (SSSR count). The molecular formula is C18H27NO3. The minimum Gasteiger partial charge on any atom is -0.492 e. The van der Waals surface area contributed by atoms with E-state index in [9.17, 15) is 5.11 Å². The van der Waals surface area contributed by atoms with Crippen LogP contribution in [-0.2, 0) is 4.74 Å². The Bertz CT molecular complexity index is 519. The Morgan fingerprint density at radius 3 is 3.00 bits per heavy atom. The van der Waals surface area contributed by atoms with Gasteiger partial charge in [-0.25, -0.2) is 0 Å². The molecule has 2 aliphatic rings. The SMILES string of the molecule is Cc1ccc(OCCN2C[C@@H]3COCC[C@]3(CO)C2)c(C)c1. The number of hydrogen-bond donors (Lipinski definition) is 1. The van der Waals surface area contributed by atoms with E-state index in [4.69, 9.17) is 9.47 Å². The van der Waals surface area contributed by atoms with Crippen LogP contribution in [0.15, 0.2) is 18.2 Å². The van der Waals surface area contributed by atoms with Crippen LogP contribution in [0.4, 0.5) is 0 Å². The van der Waals surface area contributed by atoms with Crippen LogP contribution in [0.5, 0.6) is 5.75 Å². The number of nitrogens with zero attached hydrogens (tertiary/aromatic N) is 1. The number of hydrogen-bond acceptors (Lipinski definition) is 4. The predicted molar refractivity (Wildman–Crippen MR) is 86.3 cm³/mol. The second-order valence-corrected chi connectivity index (χ2v) is 6.89. The van der Waals surface area contributed by atoms with Crippen molar-refractivity contribution in [1.29, 1.82) is 0 Å². The van der Waals surface area contributed by atoms with Gasteiger partial charge in [0.25, 0.3) is 0 Å². The molecule has 0 unspecified atom stereocenters. The summed E-state index contributed by atoms with van der Waals surface area (Å²) in [6, 6.07) is 6.29. The molecule has 0 bridgehead atoms. The maximum absolute atomic E-state index is 9.82. The van der Waals surface area contributed by atoms with Crippen molar-refractivity contribution in [1.82, 2.24) is 4.90 Å². The van der Waals surface area contributed by atoms with Crippen molar-refractivity contribution in [3.63, 3.8) is 0 Å². The van der Waals surface area contributed by atoms with Crippen molar-refractivity contribution in [2.45, 2.75) is 20.3 Å². The van der Waals surface area contributed by atoms with Gasteiger partial charge in [-0.15, -0.1) is 0 Å². The second kappa shape index (κ2) is 6.57. The van der Waals surface area contributed by atoms with Gasteiger partial charge in [-0.05, 0) is 31.9 Å². The maximum atomic E-state index is 9.82. The first-order chi connectivity index (χ1) is 10.6. The molecule has 0 spiro atoms. The highest BCUT2D eigenvalue weighted by atomic mass is 16.5. The highest BCUT2D eigenvalue weighted by molar-refractivity contribution is 5.35. The molecule has 0 radical (unpaired) electrons. The van der Waals surface area contributed by atoms with E-state index in [2.05, 4.69) is 36.9 Å². The fraction of sp³-hybridized carbons (Fsp3) is 0.667. The van der Waals surface area contributed by atoms with Gasteiger partial charge in [0.05, 0.1) is 13.2 Å². The average molecular weight is 305 g/mol. The minimum atomic E-state index is 0.0536. The molecule has 1 N–H and O–H groups in total. The van der Waals surface area contributed by atoms with Crippen LogP contribution in [0.3, 0.4) is 0 Å². The Morgan fingerprint density at radius 1 is 1.41 bits per heavy atom. The Hall–Kier alpha value is -1.10. The van der Waals surface area contributed by atoms with Crippen LogP contribution in [0, 0.1) is 25.2 Å². The quantitative estimate of drug-likeness (QED) is 0.903. The molecule has 2 aliphatic heterocycles. The first kappa shape index (κ1) is 15.8. The Kier molecular flexibility index (Phi) is 4.71. The maximum Gasteiger partial charge on any atom is 0.122 e. The monoisotopic (exact) mass is 305 g/mol. The normalized spacial score (nSPS) is 28.6. The van der Waals surface area contributed by atoms with Gasteiger partial charge in [0, 0.05) is 37.6 Å². The van der Waals surface area contributed by atoms with Gasteiger partial charge in [0.1, 0.15) is 12.4 Å². The highest BCUT2D eigenvalue weighted by Gasteiger charge is 2.47. The van der Waals surface area contributed by atoms with Crippen LogP contribution in [0.1, 0.15) is 17.5 Å². The van der Waals surface area contributed by atoms with Crippen molar-refractivity contribution in [2.24, 2.45) is 11.3 Å². The van der Waals surface area contributed by atoms with Crippen molar-refractivity contribution < 1.29 is 14.6 Å². The summed E-state index contributed by atoms with van der Waals surface area (Å²) < 4.78 is 11.5. The van der Waals surface area contributed by atoms with E-state index < -0.39 is 0 Å². The molecule has 22 heavy (non-hydrogen) atoms. The fourth-order valence-electron chi connectivity index (χ4n) is 3.83. The van der Waals surface area contributed by atoms with E-state index in [-0.39, 0.29) is 12.0 Å². The van der Waals surface area contributed by atoms with Crippen LogP contribution in [0.2, 0.25) is 0 Å². The number of rotatable bonds is 5. The van der Waals surface area contributed by atoms with E-state index >= 15 is 0 Å². The zero-order valence-electron chi connectivity index (χ0n) is 13.7. The second-order valence-electron chi connectivity index (χ2n) is 6.89. The summed E-state index contributed by atoms with van der Waals surface area (Å²) in [5.74, 6) is 1.44. The van der Waals surface area contributed by atoms with E-state index in [1.165, 1.54) is 11.1 Å². The molecule has 0 aliphatic carbocycles. The summed E-state index contributed by atoms with van der Waals surface area (Å²) >= 11 is 0.